The van der Waals surface area contributed by atoms with Gasteiger partial charge in [0.2, 0.25) is 0 Å². The molecule has 1 fully saturated rings. The summed E-state index contributed by atoms with van der Waals surface area (Å²) in [6.07, 6.45) is 3.71. The summed E-state index contributed by atoms with van der Waals surface area (Å²) in [6.45, 7) is 3.11. The average molecular weight is 368 g/mol. The molecule has 0 saturated carbocycles. The summed E-state index contributed by atoms with van der Waals surface area (Å²) in [5.74, 6) is 2.28. The van der Waals surface area contributed by atoms with Crippen molar-refractivity contribution in [2.75, 3.05) is 33.9 Å². The lowest BCUT2D eigenvalue weighted by Gasteiger charge is -2.29. The molecule has 3 heterocycles. The van der Waals surface area contributed by atoms with E-state index in [0.29, 0.717) is 36.1 Å². The van der Waals surface area contributed by atoms with Gasteiger partial charge in [-0.2, -0.15) is 0 Å². The van der Waals surface area contributed by atoms with E-state index in [1.165, 1.54) is 0 Å². The second-order valence-corrected chi connectivity index (χ2v) is 6.91. The second-order valence-electron chi connectivity index (χ2n) is 6.91. The standard InChI is InChI=1S/C20H24N4O3/c1-26-17-5-3-4-15(18(17)27-2)20(25)24-9-7-16-14(12-24)11-22-19(23-16)13-6-8-21-10-13/h3-5,11,13,21H,6-10,12H2,1-2H3/t13-/m1/s1. The highest BCUT2D eigenvalue weighted by atomic mass is 16.5. The van der Waals surface area contributed by atoms with Crippen LogP contribution in [0.4, 0.5) is 0 Å². The van der Waals surface area contributed by atoms with Crippen molar-refractivity contribution in [1.29, 1.82) is 0 Å². The van der Waals surface area contributed by atoms with Gasteiger partial charge in [-0.3, -0.25) is 4.79 Å². The van der Waals surface area contributed by atoms with Gasteiger partial charge < -0.3 is 19.7 Å². The predicted octanol–water partition coefficient (Wildman–Crippen LogP) is 1.77. The molecule has 142 valence electrons. The Bertz CT molecular complexity index is 849. The molecule has 7 heteroatoms. The number of carbonyl (C=O) groups excluding carboxylic acids is 1. The van der Waals surface area contributed by atoms with E-state index in [1.807, 2.05) is 11.1 Å². The lowest BCUT2D eigenvalue weighted by atomic mass is 10.0. The minimum Gasteiger partial charge on any atom is -0.493 e. The molecule has 2 aliphatic rings. The second kappa shape index (κ2) is 7.52. The molecule has 0 radical (unpaired) electrons. The number of aromatic nitrogens is 2. The highest BCUT2D eigenvalue weighted by Gasteiger charge is 2.27. The summed E-state index contributed by atoms with van der Waals surface area (Å²) in [5.41, 5.74) is 2.59. The van der Waals surface area contributed by atoms with Crippen LogP contribution in [-0.2, 0) is 13.0 Å². The molecule has 1 aromatic carbocycles. The average Bonchev–Trinajstić information content (AvgIpc) is 3.26. The number of hydrogen-bond acceptors (Lipinski definition) is 6. The number of amides is 1. The van der Waals surface area contributed by atoms with Gasteiger partial charge in [0.05, 0.1) is 25.5 Å². The number of nitrogens with zero attached hydrogens (tertiary/aromatic N) is 3. The van der Waals surface area contributed by atoms with Crippen molar-refractivity contribution >= 4 is 5.91 Å². The van der Waals surface area contributed by atoms with Crippen molar-refractivity contribution in [2.45, 2.75) is 25.3 Å². The van der Waals surface area contributed by atoms with Crippen LogP contribution in [0.1, 0.15) is 39.8 Å². The van der Waals surface area contributed by atoms with Gasteiger partial charge in [-0.1, -0.05) is 6.07 Å². The fourth-order valence-electron chi connectivity index (χ4n) is 3.80. The van der Waals surface area contributed by atoms with E-state index in [2.05, 4.69) is 10.3 Å². The zero-order chi connectivity index (χ0) is 18.8. The summed E-state index contributed by atoms with van der Waals surface area (Å²) in [4.78, 5) is 24.3. The van der Waals surface area contributed by atoms with E-state index < -0.39 is 0 Å². The van der Waals surface area contributed by atoms with Gasteiger partial charge in [-0.15, -0.1) is 0 Å². The Morgan fingerprint density at radius 2 is 2.19 bits per heavy atom. The first-order valence-electron chi connectivity index (χ1n) is 9.27. The summed E-state index contributed by atoms with van der Waals surface area (Å²) < 4.78 is 10.7. The predicted molar refractivity (Wildman–Crippen MR) is 100 cm³/mol. The molecule has 1 amide bonds. The maximum Gasteiger partial charge on any atom is 0.258 e. The molecule has 7 nitrogen and oxygen atoms in total. The van der Waals surface area contributed by atoms with E-state index >= 15 is 0 Å². The molecular weight excluding hydrogens is 344 g/mol. The first kappa shape index (κ1) is 17.7. The van der Waals surface area contributed by atoms with Gasteiger partial charge in [-0.05, 0) is 25.1 Å². The minimum atomic E-state index is -0.0690. The Hall–Kier alpha value is -2.67. The summed E-state index contributed by atoms with van der Waals surface area (Å²) in [5, 5.41) is 3.36. The van der Waals surface area contributed by atoms with Crippen molar-refractivity contribution < 1.29 is 14.3 Å². The Balaban J connectivity index is 1.55. The van der Waals surface area contributed by atoms with Gasteiger partial charge in [-0.25, -0.2) is 9.97 Å². The summed E-state index contributed by atoms with van der Waals surface area (Å²) >= 11 is 0. The largest absolute Gasteiger partial charge is 0.493 e. The molecule has 1 atom stereocenters. The molecule has 4 rings (SSSR count). The number of carbonyl (C=O) groups is 1. The van der Waals surface area contributed by atoms with E-state index in [9.17, 15) is 4.79 Å². The Morgan fingerprint density at radius 1 is 1.30 bits per heavy atom. The zero-order valence-electron chi connectivity index (χ0n) is 15.7. The molecule has 1 aromatic heterocycles. The molecule has 0 bridgehead atoms. The van der Waals surface area contributed by atoms with Gasteiger partial charge in [0, 0.05) is 43.7 Å². The zero-order valence-corrected chi connectivity index (χ0v) is 15.7. The fraction of sp³-hybridized carbons (Fsp3) is 0.450. The third kappa shape index (κ3) is 3.35. The summed E-state index contributed by atoms with van der Waals surface area (Å²) in [7, 11) is 3.12. The molecule has 0 spiro atoms. The van der Waals surface area contributed by atoms with Crippen LogP contribution in [0.15, 0.2) is 24.4 Å². The highest BCUT2D eigenvalue weighted by molar-refractivity contribution is 5.98. The van der Waals surface area contributed by atoms with Crippen molar-refractivity contribution in [1.82, 2.24) is 20.2 Å². The number of rotatable bonds is 4. The van der Waals surface area contributed by atoms with Crippen LogP contribution in [0.25, 0.3) is 0 Å². The van der Waals surface area contributed by atoms with Gasteiger partial charge in [0.15, 0.2) is 11.5 Å². The number of benzene rings is 1. The molecule has 0 aliphatic carbocycles. The normalized spacial score (nSPS) is 18.9. The summed E-state index contributed by atoms with van der Waals surface area (Å²) in [6, 6.07) is 5.36. The highest BCUT2D eigenvalue weighted by Crippen LogP contribution is 2.32. The molecule has 1 saturated heterocycles. The first-order valence-corrected chi connectivity index (χ1v) is 9.27. The van der Waals surface area contributed by atoms with Gasteiger partial charge in [0.25, 0.3) is 5.91 Å². The third-order valence-electron chi connectivity index (χ3n) is 5.30. The van der Waals surface area contributed by atoms with Crippen molar-refractivity contribution in [3.8, 4) is 11.5 Å². The quantitative estimate of drug-likeness (QED) is 0.886. The number of methoxy groups -OCH3 is 2. The maximum atomic E-state index is 13.1. The lowest BCUT2D eigenvalue weighted by Crippen LogP contribution is -2.37. The van der Waals surface area contributed by atoms with Crippen LogP contribution in [0.5, 0.6) is 11.5 Å². The third-order valence-corrected chi connectivity index (χ3v) is 5.30. The van der Waals surface area contributed by atoms with E-state index in [1.54, 1.807) is 32.4 Å². The Morgan fingerprint density at radius 3 is 2.93 bits per heavy atom. The number of para-hydroxylation sites is 1. The monoisotopic (exact) mass is 368 g/mol. The number of ether oxygens (including phenoxy) is 2. The number of nitrogens with one attached hydrogen (secondary N) is 1. The van der Waals surface area contributed by atoms with E-state index in [-0.39, 0.29) is 5.91 Å². The number of fused-ring (bicyclic) bond motifs is 1. The van der Waals surface area contributed by atoms with Gasteiger partial charge >= 0.3 is 0 Å². The Labute approximate surface area is 158 Å². The van der Waals surface area contributed by atoms with Crippen molar-refractivity contribution in [3.05, 3.63) is 47.0 Å². The smallest absolute Gasteiger partial charge is 0.258 e. The molecule has 2 aromatic rings. The topological polar surface area (TPSA) is 76.6 Å². The van der Waals surface area contributed by atoms with E-state index in [0.717, 1.165) is 43.0 Å². The molecule has 1 N–H and O–H groups in total. The number of hydrogen-bond donors (Lipinski definition) is 1. The molecule has 2 aliphatic heterocycles. The molecular formula is C20H24N4O3. The molecule has 0 unspecified atom stereocenters. The van der Waals surface area contributed by atoms with Crippen LogP contribution in [0.2, 0.25) is 0 Å². The fourth-order valence-corrected chi connectivity index (χ4v) is 3.80. The van der Waals surface area contributed by atoms with Gasteiger partial charge in [0.1, 0.15) is 5.82 Å². The van der Waals surface area contributed by atoms with Crippen LogP contribution < -0.4 is 14.8 Å². The minimum absolute atomic E-state index is 0.0690. The lowest BCUT2D eigenvalue weighted by molar-refractivity contribution is 0.0729. The van der Waals surface area contributed by atoms with Crippen molar-refractivity contribution in [2.24, 2.45) is 0 Å². The van der Waals surface area contributed by atoms with Crippen LogP contribution >= 0.6 is 0 Å². The van der Waals surface area contributed by atoms with E-state index in [4.69, 9.17) is 14.5 Å². The molecule has 27 heavy (non-hydrogen) atoms. The first-order chi connectivity index (χ1) is 13.2. The van der Waals surface area contributed by atoms with Crippen LogP contribution in [0, 0.1) is 0 Å². The van der Waals surface area contributed by atoms with Crippen LogP contribution in [-0.4, -0.2) is 54.6 Å². The Kier molecular flexibility index (Phi) is 4.94. The SMILES string of the molecule is COc1cccc(C(=O)N2CCc3nc([C@@H]4CCNC4)ncc3C2)c1OC. The maximum absolute atomic E-state index is 13.1. The van der Waals surface area contributed by atoms with Crippen LogP contribution in [0.3, 0.4) is 0 Å². The van der Waals surface area contributed by atoms with Crippen molar-refractivity contribution in [3.63, 3.8) is 0 Å².